The van der Waals surface area contributed by atoms with Gasteiger partial charge in [0.25, 0.3) is 0 Å². The smallest absolute Gasteiger partial charge is 0.336 e. The van der Waals surface area contributed by atoms with Gasteiger partial charge in [0.2, 0.25) is 0 Å². The zero-order valence-electron chi connectivity index (χ0n) is 22.6. The summed E-state index contributed by atoms with van der Waals surface area (Å²) in [5, 5.41) is 20.1. The molecule has 0 radical (unpaired) electrons. The molecule has 0 atom stereocenters. The van der Waals surface area contributed by atoms with Crippen molar-refractivity contribution < 1.29 is 24.3 Å². The standard InChI is InChI=1S/C16H36N.C14H10O4S/c1-5-9-13-17(14-10-6-2,15-11-7-3)16-12-8-4;15-13(16)9-5-1-3-7-11(9)19-12-8-4-2-6-10(12)14(17)18/h5-16H2,1-4H3;1-8H,(H,15,16)(H,17,18)/q+1;/p-1. The van der Waals surface area contributed by atoms with Crippen molar-refractivity contribution in [2.24, 2.45) is 0 Å². The molecule has 0 spiro atoms. The second kappa shape index (κ2) is 18.0. The van der Waals surface area contributed by atoms with Gasteiger partial charge in [0, 0.05) is 15.4 Å². The number of quaternary nitrogens is 1. The Bertz CT molecular complexity index is 822. The normalized spacial score (nSPS) is 11.0. The number of hydrogen-bond donors (Lipinski definition) is 1. The maximum Gasteiger partial charge on any atom is 0.336 e. The van der Waals surface area contributed by atoms with Crippen molar-refractivity contribution in [2.75, 3.05) is 26.2 Å². The number of carbonyl (C=O) groups is 2. The Morgan fingerprint density at radius 3 is 1.42 bits per heavy atom. The van der Waals surface area contributed by atoms with E-state index in [-0.39, 0.29) is 11.1 Å². The third kappa shape index (κ3) is 11.2. The lowest BCUT2D eigenvalue weighted by Gasteiger charge is -2.39. The lowest BCUT2D eigenvalue weighted by Crippen LogP contribution is -2.50. The molecule has 0 heterocycles. The first-order valence-electron chi connectivity index (χ1n) is 13.5. The predicted molar refractivity (Wildman–Crippen MR) is 148 cm³/mol. The molecule has 0 bridgehead atoms. The lowest BCUT2D eigenvalue weighted by atomic mass is 10.1. The topological polar surface area (TPSA) is 77.4 Å². The van der Waals surface area contributed by atoms with Crippen LogP contribution in [0, 0.1) is 0 Å². The molecular formula is C30H45NO4S. The number of hydrogen-bond acceptors (Lipinski definition) is 4. The van der Waals surface area contributed by atoms with Crippen LogP contribution in [-0.2, 0) is 0 Å². The van der Waals surface area contributed by atoms with Gasteiger partial charge in [0.05, 0.1) is 37.7 Å². The molecule has 0 aliphatic carbocycles. The van der Waals surface area contributed by atoms with Gasteiger partial charge in [0.1, 0.15) is 0 Å². The van der Waals surface area contributed by atoms with Crippen LogP contribution in [-0.4, -0.2) is 47.7 Å². The fourth-order valence-electron chi connectivity index (χ4n) is 4.22. The van der Waals surface area contributed by atoms with Crippen LogP contribution in [0.25, 0.3) is 0 Å². The third-order valence-electron chi connectivity index (χ3n) is 6.39. The molecule has 1 N–H and O–H groups in total. The Morgan fingerprint density at radius 2 is 1.06 bits per heavy atom. The second-order valence-electron chi connectivity index (χ2n) is 9.34. The summed E-state index contributed by atoms with van der Waals surface area (Å²) in [6.07, 6.45) is 11.1. The summed E-state index contributed by atoms with van der Waals surface area (Å²) in [7, 11) is 0. The first kappa shape index (κ1) is 31.7. The van der Waals surface area contributed by atoms with E-state index in [1.165, 1.54) is 94.2 Å². The number of benzene rings is 2. The van der Waals surface area contributed by atoms with Gasteiger partial charge >= 0.3 is 5.97 Å². The van der Waals surface area contributed by atoms with Crippen LogP contribution in [0.2, 0.25) is 0 Å². The number of carboxylic acids is 2. The van der Waals surface area contributed by atoms with Crippen molar-refractivity contribution in [1.82, 2.24) is 0 Å². The monoisotopic (exact) mass is 515 g/mol. The maximum absolute atomic E-state index is 11.1. The van der Waals surface area contributed by atoms with Gasteiger partial charge < -0.3 is 19.5 Å². The molecule has 0 saturated heterocycles. The van der Waals surface area contributed by atoms with Crippen LogP contribution in [0.5, 0.6) is 0 Å². The molecule has 6 heteroatoms. The van der Waals surface area contributed by atoms with E-state index < -0.39 is 11.9 Å². The molecule has 2 rings (SSSR count). The summed E-state index contributed by atoms with van der Waals surface area (Å²) < 4.78 is 1.42. The molecule has 0 fully saturated rings. The lowest BCUT2D eigenvalue weighted by molar-refractivity contribution is -0.929. The fraction of sp³-hybridized carbons (Fsp3) is 0.533. The van der Waals surface area contributed by atoms with Gasteiger partial charge in [-0.25, -0.2) is 4.79 Å². The van der Waals surface area contributed by atoms with E-state index in [4.69, 9.17) is 5.11 Å². The first-order valence-corrected chi connectivity index (χ1v) is 14.3. The van der Waals surface area contributed by atoms with E-state index >= 15 is 0 Å². The fourth-order valence-corrected chi connectivity index (χ4v) is 5.28. The third-order valence-corrected chi connectivity index (χ3v) is 7.54. The Hall–Kier alpha value is -2.31. The largest absolute Gasteiger partial charge is 0.545 e. The first-order chi connectivity index (χ1) is 17.3. The van der Waals surface area contributed by atoms with E-state index in [0.717, 1.165) is 11.8 Å². The molecular weight excluding hydrogens is 470 g/mol. The zero-order valence-corrected chi connectivity index (χ0v) is 23.4. The number of unbranched alkanes of at least 4 members (excludes halogenated alkanes) is 4. The molecule has 0 saturated carbocycles. The highest BCUT2D eigenvalue weighted by molar-refractivity contribution is 7.99. The van der Waals surface area contributed by atoms with Gasteiger partial charge in [-0.15, -0.1) is 0 Å². The van der Waals surface area contributed by atoms with Crippen LogP contribution in [0.4, 0.5) is 0 Å². The summed E-state index contributed by atoms with van der Waals surface area (Å²) in [5.74, 6) is -2.33. The van der Waals surface area contributed by atoms with Crippen molar-refractivity contribution in [2.45, 2.75) is 88.9 Å². The van der Waals surface area contributed by atoms with Crippen LogP contribution >= 0.6 is 11.8 Å². The van der Waals surface area contributed by atoms with Crippen molar-refractivity contribution in [3.05, 3.63) is 59.7 Å². The molecule has 5 nitrogen and oxygen atoms in total. The maximum atomic E-state index is 11.1. The molecule has 2 aromatic carbocycles. The predicted octanol–water partition coefficient (Wildman–Crippen LogP) is 6.90. The summed E-state index contributed by atoms with van der Waals surface area (Å²) in [6.45, 7) is 15.0. The summed E-state index contributed by atoms with van der Waals surface area (Å²) in [4.78, 5) is 23.0. The van der Waals surface area contributed by atoms with Gasteiger partial charge in [-0.05, 0) is 43.9 Å². The SMILES string of the molecule is CCCC[N+](CCCC)(CCCC)CCCC.O=C([O-])c1ccccc1Sc1ccccc1C(=O)O. The average Bonchev–Trinajstić information content (AvgIpc) is 2.88. The molecule has 2 aromatic rings. The van der Waals surface area contributed by atoms with Crippen molar-refractivity contribution in [3.63, 3.8) is 0 Å². The quantitative estimate of drug-likeness (QED) is 0.246. The molecule has 200 valence electrons. The highest BCUT2D eigenvalue weighted by Crippen LogP contribution is 2.32. The Morgan fingerprint density at radius 1 is 0.694 bits per heavy atom. The molecule has 0 aliphatic heterocycles. The van der Waals surface area contributed by atoms with E-state index in [1.807, 2.05) is 0 Å². The zero-order chi connectivity index (χ0) is 26.8. The molecule has 36 heavy (non-hydrogen) atoms. The van der Waals surface area contributed by atoms with Gasteiger partial charge in [0.15, 0.2) is 0 Å². The molecule has 0 amide bonds. The minimum Gasteiger partial charge on any atom is -0.545 e. The van der Waals surface area contributed by atoms with Crippen molar-refractivity contribution in [1.29, 1.82) is 0 Å². The highest BCUT2D eigenvalue weighted by Gasteiger charge is 2.24. The van der Waals surface area contributed by atoms with Crippen LogP contribution in [0.3, 0.4) is 0 Å². The number of nitrogens with zero attached hydrogens (tertiary/aromatic N) is 1. The Kier molecular flexibility index (Phi) is 15.9. The van der Waals surface area contributed by atoms with Gasteiger partial charge in [-0.1, -0.05) is 95.5 Å². The van der Waals surface area contributed by atoms with Gasteiger partial charge in [-0.2, -0.15) is 0 Å². The minimum absolute atomic E-state index is 0.0488. The number of carbonyl (C=O) groups excluding carboxylic acids is 1. The molecule has 0 unspecified atom stereocenters. The molecule has 0 aliphatic rings. The van der Waals surface area contributed by atoms with Crippen LogP contribution < -0.4 is 5.11 Å². The number of aromatic carboxylic acids is 2. The van der Waals surface area contributed by atoms with Crippen LogP contribution in [0.15, 0.2) is 58.3 Å². The van der Waals surface area contributed by atoms with Crippen molar-refractivity contribution >= 4 is 23.7 Å². The van der Waals surface area contributed by atoms with E-state index in [9.17, 15) is 14.7 Å². The van der Waals surface area contributed by atoms with E-state index in [1.54, 1.807) is 36.4 Å². The summed E-state index contributed by atoms with van der Waals surface area (Å²) in [5.41, 5.74) is 0.188. The minimum atomic E-state index is -1.28. The van der Waals surface area contributed by atoms with Crippen LogP contribution in [0.1, 0.15) is 99.8 Å². The molecule has 0 aromatic heterocycles. The summed E-state index contributed by atoms with van der Waals surface area (Å²) >= 11 is 1.10. The van der Waals surface area contributed by atoms with E-state index in [2.05, 4.69) is 27.7 Å². The van der Waals surface area contributed by atoms with Gasteiger partial charge in [-0.3, -0.25) is 0 Å². The number of rotatable bonds is 16. The second-order valence-corrected chi connectivity index (χ2v) is 10.4. The average molecular weight is 516 g/mol. The van der Waals surface area contributed by atoms with E-state index in [0.29, 0.717) is 9.79 Å². The highest BCUT2D eigenvalue weighted by atomic mass is 32.2. The Labute approximate surface area is 222 Å². The Balaban J connectivity index is 0.000000363. The number of carboxylic acid groups (broad SMARTS) is 2. The summed E-state index contributed by atoms with van der Waals surface area (Å²) in [6, 6.07) is 12.8. The van der Waals surface area contributed by atoms with Crippen molar-refractivity contribution in [3.8, 4) is 0 Å².